The molecule has 0 bridgehead atoms. The zero-order valence-corrected chi connectivity index (χ0v) is 13.8. The zero-order chi connectivity index (χ0) is 17.6. The molecule has 1 fully saturated rings. The number of aromatic hydroxyl groups is 1. The number of rotatable bonds is 6. The number of aldehydes is 1. The SMILES string of the molecule is O=Cc1c(O)cccc1OCC[C@@H]1CCCN1C(=O)c1ccncc1. The van der Waals surface area contributed by atoms with Gasteiger partial charge in [0.15, 0.2) is 6.29 Å². The predicted octanol–water partition coefficient (Wildman–Crippen LogP) is 2.67. The summed E-state index contributed by atoms with van der Waals surface area (Å²) in [6.45, 7) is 1.10. The van der Waals surface area contributed by atoms with Gasteiger partial charge in [0.2, 0.25) is 0 Å². The summed E-state index contributed by atoms with van der Waals surface area (Å²) in [5.41, 5.74) is 0.790. The van der Waals surface area contributed by atoms with Crippen LogP contribution in [0.2, 0.25) is 0 Å². The molecule has 1 N–H and O–H groups in total. The maximum atomic E-state index is 12.6. The van der Waals surface area contributed by atoms with E-state index in [4.69, 9.17) is 4.74 Å². The molecule has 1 aliphatic rings. The summed E-state index contributed by atoms with van der Waals surface area (Å²) in [5, 5.41) is 9.67. The van der Waals surface area contributed by atoms with E-state index < -0.39 is 0 Å². The smallest absolute Gasteiger partial charge is 0.254 e. The molecule has 2 aromatic rings. The Morgan fingerprint density at radius 1 is 1.32 bits per heavy atom. The monoisotopic (exact) mass is 340 g/mol. The largest absolute Gasteiger partial charge is 0.507 e. The molecule has 130 valence electrons. The maximum Gasteiger partial charge on any atom is 0.254 e. The average molecular weight is 340 g/mol. The number of pyridine rings is 1. The Bertz CT molecular complexity index is 748. The van der Waals surface area contributed by atoms with Crippen LogP contribution in [0.15, 0.2) is 42.7 Å². The standard InChI is InChI=1S/C19H20N2O4/c22-13-16-17(23)4-1-5-18(16)25-12-8-15-3-2-11-21(15)19(24)14-6-9-20-10-7-14/h1,4-7,9-10,13,15,23H,2-3,8,11-12H2/t15-/m0/s1. The number of likely N-dealkylation sites (tertiary alicyclic amines) is 1. The van der Waals surface area contributed by atoms with E-state index in [9.17, 15) is 14.7 Å². The summed E-state index contributed by atoms with van der Waals surface area (Å²) in [6, 6.07) is 8.28. The van der Waals surface area contributed by atoms with Crippen LogP contribution < -0.4 is 4.74 Å². The van der Waals surface area contributed by atoms with Crippen molar-refractivity contribution in [1.82, 2.24) is 9.88 Å². The summed E-state index contributed by atoms with van der Waals surface area (Å²) in [4.78, 5) is 29.5. The molecule has 1 aromatic carbocycles. The van der Waals surface area contributed by atoms with Crippen LogP contribution in [0.3, 0.4) is 0 Å². The summed E-state index contributed by atoms with van der Waals surface area (Å²) in [6.07, 6.45) is 6.38. The fraction of sp³-hybridized carbons (Fsp3) is 0.316. The Labute approximate surface area is 146 Å². The van der Waals surface area contributed by atoms with E-state index in [-0.39, 0.29) is 23.3 Å². The fourth-order valence-corrected chi connectivity index (χ4v) is 3.15. The van der Waals surface area contributed by atoms with Crippen molar-refractivity contribution in [1.29, 1.82) is 0 Å². The second-order valence-electron chi connectivity index (χ2n) is 5.97. The van der Waals surface area contributed by atoms with Crippen LogP contribution in [0.5, 0.6) is 11.5 Å². The summed E-state index contributed by atoms with van der Waals surface area (Å²) in [5.74, 6) is 0.277. The molecule has 0 unspecified atom stereocenters. The molecule has 1 aromatic heterocycles. The number of benzene rings is 1. The second kappa shape index (κ2) is 7.79. The first kappa shape index (κ1) is 17.0. The van der Waals surface area contributed by atoms with Gasteiger partial charge in [-0.25, -0.2) is 0 Å². The molecule has 1 amide bonds. The molecular weight excluding hydrogens is 320 g/mol. The highest BCUT2D eigenvalue weighted by Gasteiger charge is 2.29. The number of hydrogen-bond acceptors (Lipinski definition) is 5. The Morgan fingerprint density at radius 2 is 2.12 bits per heavy atom. The quantitative estimate of drug-likeness (QED) is 0.818. The molecule has 0 aliphatic carbocycles. The van der Waals surface area contributed by atoms with E-state index in [0.717, 1.165) is 19.4 Å². The molecule has 1 aliphatic heterocycles. The molecule has 6 heteroatoms. The van der Waals surface area contributed by atoms with Crippen LogP contribution in [-0.4, -0.2) is 46.4 Å². The van der Waals surface area contributed by atoms with Gasteiger partial charge in [-0.1, -0.05) is 6.07 Å². The van der Waals surface area contributed by atoms with Crippen molar-refractivity contribution in [2.75, 3.05) is 13.2 Å². The molecule has 1 saturated heterocycles. The van der Waals surface area contributed by atoms with Gasteiger partial charge in [0.25, 0.3) is 5.91 Å². The number of phenolic OH excluding ortho intramolecular Hbond substituents is 1. The van der Waals surface area contributed by atoms with Crippen LogP contribution in [0.4, 0.5) is 0 Å². The van der Waals surface area contributed by atoms with Crippen LogP contribution >= 0.6 is 0 Å². The van der Waals surface area contributed by atoms with Crippen molar-refractivity contribution in [2.24, 2.45) is 0 Å². The lowest BCUT2D eigenvalue weighted by atomic mass is 10.1. The first-order chi connectivity index (χ1) is 12.2. The van der Waals surface area contributed by atoms with E-state index in [1.54, 1.807) is 36.7 Å². The van der Waals surface area contributed by atoms with Crippen LogP contribution in [-0.2, 0) is 0 Å². The van der Waals surface area contributed by atoms with Gasteiger partial charge in [0.05, 0.1) is 12.2 Å². The number of phenols is 1. The van der Waals surface area contributed by atoms with Crippen molar-refractivity contribution in [3.05, 3.63) is 53.9 Å². The first-order valence-electron chi connectivity index (χ1n) is 8.31. The topological polar surface area (TPSA) is 79.7 Å². The molecule has 0 radical (unpaired) electrons. The molecule has 2 heterocycles. The van der Waals surface area contributed by atoms with Crippen LogP contribution in [0.25, 0.3) is 0 Å². The zero-order valence-electron chi connectivity index (χ0n) is 13.8. The number of carbonyl (C=O) groups is 2. The molecule has 0 spiro atoms. The lowest BCUT2D eigenvalue weighted by Gasteiger charge is -2.25. The number of hydrogen-bond donors (Lipinski definition) is 1. The minimum atomic E-state index is -0.0946. The van der Waals surface area contributed by atoms with Gasteiger partial charge in [0.1, 0.15) is 11.5 Å². The average Bonchev–Trinajstić information content (AvgIpc) is 3.10. The molecule has 25 heavy (non-hydrogen) atoms. The number of ether oxygens (including phenoxy) is 1. The Morgan fingerprint density at radius 3 is 2.88 bits per heavy atom. The lowest BCUT2D eigenvalue weighted by Crippen LogP contribution is -2.36. The third-order valence-electron chi connectivity index (χ3n) is 4.43. The van der Waals surface area contributed by atoms with E-state index in [1.807, 2.05) is 4.90 Å². The molecule has 6 nitrogen and oxygen atoms in total. The molecule has 0 saturated carbocycles. The second-order valence-corrected chi connectivity index (χ2v) is 5.97. The molecule has 1 atom stereocenters. The van der Waals surface area contributed by atoms with E-state index >= 15 is 0 Å². The summed E-state index contributed by atoms with van der Waals surface area (Å²) in [7, 11) is 0. The highest BCUT2D eigenvalue weighted by Crippen LogP contribution is 2.27. The van der Waals surface area contributed by atoms with Crippen molar-refractivity contribution in [3.63, 3.8) is 0 Å². The van der Waals surface area contributed by atoms with Crippen molar-refractivity contribution in [3.8, 4) is 11.5 Å². The first-order valence-corrected chi connectivity index (χ1v) is 8.31. The third kappa shape index (κ3) is 3.79. The number of nitrogens with zero attached hydrogens (tertiary/aromatic N) is 2. The van der Waals surface area contributed by atoms with Gasteiger partial charge in [0, 0.05) is 37.0 Å². The minimum Gasteiger partial charge on any atom is -0.507 e. The Hall–Kier alpha value is -2.89. The predicted molar refractivity (Wildman–Crippen MR) is 91.9 cm³/mol. The van der Waals surface area contributed by atoms with E-state index in [0.29, 0.717) is 30.6 Å². The highest BCUT2D eigenvalue weighted by molar-refractivity contribution is 5.94. The summed E-state index contributed by atoms with van der Waals surface area (Å²) < 4.78 is 5.67. The fourth-order valence-electron chi connectivity index (χ4n) is 3.15. The van der Waals surface area contributed by atoms with Gasteiger partial charge in [-0.05, 0) is 37.1 Å². The number of amides is 1. The van der Waals surface area contributed by atoms with Crippen molar-refractivity contribution >= 4 is 12.2 Å². The Balaban J connectivity index is 1.60. The minimum absolute atomic E-state index is 0.0100. The normalized spacial score (nSPS) is 16.6. The van der Waals surface area contributed by atoms with Gasteiger partial charge < -0.3 is 14.7 Å². The van der Waals surface area contributed by atoms with Gasteiger partial charge in [-0.2, -0.15) is 0 Å². The third-order valence-corrected chi connectivity index (χ3v) is 4.43. The number of aromatic nitrogens is 1. The van der Waals surface area contributed by atoms with Crippen LogP contribution in [0.1, 0.15) is 40.0 Å². The lowest BCUT2D eigenvalue weighted by molar-refractivity contribution is 0.0719. The van der Waals surface area contributed by atoms with Gasteiger partial charge in [-0.3, -0.25) is 14.6 Å². The molecule has 3 rings (SSSR count). The van der Waals surface area contributed by atoms with Gasteiger partial charge in [-0.15, -0.1) is 0 Å². The summed E-state index contributed by atoms with van der Waals surface area (Å²) >= 11 is 0. The van der Waals surface area contributed by atoms with Crippen molar-refractivity contribution < 1.29 is 19.4 Å². The maximum absolute atomic E-state index is 12.6. The highest BCUT2D eigenvalue weighted by atomic mass is 16.5. The number of carbonyl (C=O) groups excluding carboxylic acids is 2. The van der Waals surface area contributed by atoms with Crippen LogP contribution in [0, 0.1) is 0 Å². The van der Waals surface area contributed by atoms with Gasteiger partial charge >= 0.3 is 0 Å². The van der Waals surface area contributed by atoms with E-state index in [1.165, 1.54) is 6.07 Å². The van der Waals surface area contributed by atoms with E-state index in [2.05, 4.69) is 4.98 Å². The molecular formula is C19H20N2O4. The Kier molecular flexibility index (Phi) is 5.28. The van der Waals surface area contributed by atoms with Crippen molar-refractivity contribution in [2.45, 2.75) is 25.3 Å².